The summed E-state index contributed by atoms with van der Waals surface area (Å²) >= 11 is 2.18. The number of benzene rings is 1. The molecule has 0 saturated heterocycles. The minimum Gasteiger partial charge on any atom is -0.310 e. The van der Waals surface area contributed by atoms with Gasteiger partial charge in [-0.25, -0.2) is 0 Å². The van der Waals surface area contributed by atoms with Crippen LogP contribution < -0.4 is 5.32 Å². The van der Waals surface area contributed by atoms with Gasteiger partial charge in [0.2, 0.25) is 0 Å². The molecule has 17 heavy (non-hydrogen) atoms. The van der Waals surface area contributed by atoms with E-state index in [1.807, 2.05) is 31.2 Å². The topological polar surface area (TPSA) is 12.0 Å². The molecule has 1 atom stereocenters. The highest BCUT2D eigenvalue weighted by molar-refractivity contribution is 14.1. The lowest BCUT2D eigenvalue weighted by molar-refractivity contribution is -0.136. The molecule has 5 heteroatoms. The van der Waals surface area contributed by atoms with Gasteiger partial charge in [0.1, 0.15) is 0 Å². The Labute approximate surface area is 113 Å². The third-order valence-corrected chi connectivity index (χ3v) is 3.16. The van der Waals surface area contributed by atoms with E-state index >= 15 is 0 Å². The lowest BCUT2D eigenvalue weighted by atomic mass is 10.0. The Morgan fingerprint density at radius 1 is 1.24 bits per heavy atom. The Kier molecular flexibility index (Phi) is 5.72. The highest BCUT2D eigenvalue weighted by Gasteiger charge is 2.28. The second kappa shape index (κ2) is 6.58. The summed E-state index contributed by atoms with van der Waals surface area (Å²) in [6.45, 7) is 2.56. The number of rotatable bonds is 5. The van der Waals surface area contributed by atoms with Crippen LogP contribution in [0, 0.1) is 3.57 Å². The number of hydrogen-bond acceptors (Lipinski definition) is 1. The zero-order valence-corrected chi connectivity index (χ0v) is 11.7. The molecule has 0 fully saturated rings. The van der Waals surface area contributed by atoms with Crippen molar-refractivity contribution in [2.24, 2.45) is 0 Å². The zero-order chi connectivity index (χ0) is 12.9. The lowest BCUT2D eigenvalue weighted by Crippen LogP contribution is -2.23. The fourth-order valence-electron chi connectivity index (χ4n) is 1.64. The van der Waals surface area contributed by atoms with Gasteiger partial charge in [-0.15, -0.1) is 0 Å². The van der Waals surface area contributed by atoms with E-state index in [4.69, 9.17) is 0 Å². The maximum Gasteiger partial charge on any atom is 0.389 e. The maximum atomic E-state index is 12.2. The predicted octanol–water partition coefficient (Wildman–Crippen LogP) is 4.28. The number of nitrogens with one attached hydrogen (secondary N) is 1. The highest BCUT2D eigenvalue weighted by atomic mass is 127. The van der Waals surface area contributed by atoms with Crippen LogP contribution in [0.1, 0.15) is 31.4 Å². The molecular weight excluding hydrogens is 342 g/mol. The summed E-state index contributed by atoms with van der Waals surface area (Å²) in [5.41, 5.74) is 0.913. The first-order valence-electron chi connectivity index (χ1n) is 5.48. The van der Waals surface area contributed by atoms with Crippen molar-refractivity contribution < 1.29 is 13.2 Å². The fourth-order valence-corrected chi connectivity index (χ4v) is 2.00. The average Bonchev–Trinajstić information content (AvgIpc) is 2.24. The van der Waals surface area contributed by atoms with E-state index in [9.17, 15) is 13.2 Å². The molecular formula is C12H15F3IN. The van der Waals surface area contributed by atoms with Crippen LogP contribution in [-0.4, -0.2) is 12.7 Å². The molecule has 96 valence electrons. The van der Waals surface area contributed by atoms with Gasteiger partial charge in [0, 0.05) is 16.0 Å². The molecule has 0 aliphatic rings. The van der Waals surface area contributed by atoms with Gasteiger partial charge < -0.3 is 5.32 Å². The third-order valence-electron chi connectivity index (χ3n) is 2.44. The molecule has 1 rings (SSSR count). The monoisotopic (exact) mass is 357 g/mol. The molecule has 1 unspecified atom stereocenters. The summed E-state index contributed by atoms with van der Waals surface area (Å²) in [6.07, 6.45) is -4.76. The first kappa shape index (κ1) is 14.8. The second-order valence-corrected chi connectivity index (χ2v) is 5.06. The second-order valence-electron chi connectivity index (χ2n) is 3.82. The summed E-state index contributed by atoms with van der Waals surface area (Å²) in [7, 11) is 0. The standard InChI is InChI=1S/C12H15F3IN/c1-2-17-11(7-8-12(13,14)15)9-3-5-10(16)6-4-9/h3-6,11,17H,2,7-8H2,1H3. The molecule has 1 aromatic rings. The zero-order valence-electron chi connectivity index (χ0n) is 9.52. The molecule has 0 spiro atoms. The Balaban J connectivity index is 2.68. The van der Waals surface area contributed by atoms with E-state index in [-0.39, 0.29) is 12.5 Å². The molecule has 1 N–H and O–H groups in total. The minimum absolute atomic E-state index is 0.0813. The molecule has 1 nitrogen and oxygen atoms in total. The van der Waals surface area contributed by atoms with E-state index in [0.717, 1.165) is 9.13 Å². The molecule has 0 heterocycles. The molecule has 0 bridgehead atoms. The largest absolute Gasteiger partial charge is 0.389 e. The van der Waals surface area contributed by atoms with Gasteiger partial charge in [0.05, 0.1) is 0 Å². The van der Waals surface area contributed by atoms with Crippen LogP contribution in [0.2, 0.25) is 0 Å². The smallest absolute Gasteiger partial charge is 0.310 e. The van der Waals surface area contributed by atoms with Gasteiger partial charge in [-0.2, -0.15) is 13.2 Å². The van der Waals surface area contributed by atoms with Crippen molar-refractivity contribution in [3.63, 3.8) is 0 Å². The van der Waals surface area contributed by atoms with Crippen molar-refractivity contribution in [2.45, 2.75) is 32.0 Å². The molecule has 0 aliphatic carbocycles. The van der Waals surface area contributed by atoms with Crippen LogP contribution in [0.3, 0.4) is 0 Å². The van der Waals surface area contributed by atoms with Crippen molar-refractivity contribution in [2.75, 3.05) is 6.54 Å². The number of alkyl halides is 3. The summed E-state index contributed by atoms with van der Waals surface area (Å²) in [5.74, 6) is 0. The Bertz CT molecular complexity index is 335. The highest BCUT2D eigenvalue weighted by Crippen LogP contribution is 2.27. The van der Waals surface area contributed by atoms with Gasteiger partial charge in [-0.3, -0.25) is 0 Å². The Hall–Kier alpha value is -0.300. The summed E-state index contributed by atoms with van der Waals surface area (Å²) in [4.78, 5) is 0. The molecule has 0 aromatic heterocycles. The molecule has 0 aliphatic heterocycles. The van der Waals surface area contributed by atoms with Crippen LogP contribution in [0.25, 0.3) is 0 Å². The van der Waals surface area contributed by atoms with Crippen LogP contribution in [0.15, 0.2) is 24.3 Å². The predicted molar refractivity (Wildman–Crippen MR) is 70.9 cm³/mol. The quantitative estimate of drug-likeness (QED) is 0.776. The van der Waals surface area contributed by atoms with Crippen molar-refractivity contribution in [1.29, 1.82) is 0 Å². The normalized spacial score (nSPS) is 13.7. The number of hydrogen-bond donors (Lipinski definition) is 1. The summed E-state index contributed by atoms with van der Waals surface area (Å²) in [6, 6.07) is 7.36. The van der Waals surface area contributed by atoms with Gasteiger partial charge >= 0.3 is 6.18 Å². The van der Waals surface area contributed by atoms with Crippen molar-refractivity contribution >= 4 is 22.6 Å². The van der Waals surface area contributed by atoms with Gasteiger partial charge in [-0.05, 0) is 53.3 Å². The Morgan fingerprint density at radius 2 is 1.82 bits per heavy atom. The molecule has 0 amide bonds. The van der Waals surface area contributed by atoms with Crippen molar-refractivity contribution in [3.05, 3.63) is 33.4 Å². The van der Waals surface area contributed by atoms with E-state index in [1.165, 1.54) is 0 Å². The lowest BCUT2D eigenvalue weighted by Gasteiger charge is -2.19. The number of halogens is 4. The van der Waals surface area contributed by atoms with Crippen LogP contribution in [0.4, 0.5) is 13.2 Å². The van der Waals surface area contributed by atoms with E-state index in [2.05, 4.69) is 27.9 Å². The van der Waals surface area contributed by atoms with Crippen molar-refractivity contribution in [1.82, 2.24) is 5.32 Å². The van der Waals surface area contributed by atoms with Crippen LogP contribution >= 0.6 is 22.6 Å². The summed E-state index contributed by atoms with van der Waals surface area (Å²) < 4.78 is 37.7. The first-order chi connectivity index (χ1) is 7.92. The van der Waals surface area contributed by atoms with E-state index in [1.54, 1.807) is 0 Å². The van der Waals surface area contributed by atoms with Crippen LogP contribution in [-0.2, 0) is 0 Å². The van der Waals surface area contributed by atoms with Gasteiger partial charge in [-0.1, -0.05) is 19.1 Å². The SMILES string of the molecule is CCNC(CCC(F)(F)F)c1ccc(I)cc1. The molecule has 1 aromatic carbocycles. The van der Waals surface area contributed by atoms with E-state index in [0.29, 0.717) is 6.54 Å². The maximum absolute atomic E-state index is 12.2. The Morgan fingerprint density at radius 3 is 2.29 bits per heavy atom. The van der Waals surface area contributed by atoms with Gasteiger partial charge in [0.25, 0.3) is 0 Å². The van der Waals surface area contributed by atoms with Crippen molar-refractivity contribution in [3.8, 4) is 0 Å². The molecule has 0 radical (unpaired) electrons. The van der Waals surface area contributed by atoms with E-state index < -0.39 is 12.6 Å². The summed E-state index contributed by atoms with van der Waals surface area (Å²) in [5, 5.41) is 3.09. The minimum atomic E-state index is -4.09. The van der Waals surface area contributed by atoms with Gasteiger partial charge in [0.15, 0.2) is 0 Å². The first-order valence-corrected chi connectivity index (χ1v) is 6.56. The fraction of sp³-hybridized carbons (Fsp3) is 0.500. The third kappa shape index (κ3) is 5.72. The average molecular weight is 357 g/mol. The van der Waals surface area contributed by atoms with Crippen LogP contribution in [0.5, 0.6) is 0 Å². The molecule has 0 saturated carbocycles.